The molecule has 0 atom stereocenters. The summed E-state index contributed by atoms with van der Waals surface area (Å²) in [5.74, 6) is 0.834. The summed E-state index contributed by atoms with van der Waals surface area (Å²) in [4.78, 5) is 0. The van der Waals surface area contributed by atoms with Gasteiger partial charge in [0.2, 0.25) is 0 Å². The molecule has 0 bridgehead atoms. The van der Waals surface area contributed by atoms with Gasteiger partial charge >= 0.3 is 0 Å². The van der Waals surface area contributed by atoms with Gasteiger partial charge in [-0.2, -0.15) is 5.10 Å². The van der Waals surface area contributed by atoms with E-state index in [1.807, 2.05) is 35.9 Å². The number of methoxy groups -OCH3 is 1. The molecule has 0 aliphatic rings. The van der Waals surface area contributed by atoms with E-state index in [-0.39, 0.29) is 0 Å². The number of nitrogens with zero attached hydrogens (tertiary/aromatic N) is 2. The van der Waals surface area contributed by atoms with Gasteiger partial charge < -0.3 is 10.5 Å². The zero-order chi connectivity index (χ0) is 13.1. The van der Waals surface area contributed by atoms with E-state index in [0.717, 1.165) is 33.7 Å². The number of ether oxygens (including phenoxy) is 1. The molecule has 0 radical (unpaired) electrons. The lowest BCUT2D eigenvalue weighted by Gasteiger charge is -2.05. The van der Waals surface area contributed by atoms with Crippen molar-refractivity contribution >= 4 is 15.9 Å². The van der Waals surface area contributed by atoms with Gasteiger partial charge in [0.15, 0.2) is 0 Å². The van der Waals surface area contributed by atoms with E-state index in [0.29, 0.717) is 6.54 Å². The Balaban J connectivity index is 2.40. The number of halogens is 1. The van der Waals surface area contributed by atoms with Crippen molar-refractivity contribution in [3.8, 4) is 11.4 Å². The molecular formula is C13H16BrN3O. The standard InChI is InChI=1S/C13H16BrN3O/c1-9-12(7-8-15)13(14)17(16-9)10-3-5-11(18-2)6-4-10/h3-6H,7-8,15H2,1-2H3. The maximum Gasteiger partial charge on any atom is 0.119 e. The number of rotatable bonds is 4. The highest BCUT2D eigenvalue weighted by Gasteiger charge is 2.13. The molecule has 1 heterocycles. The summed E-state index contributed by atoms with van der Waals surface area (Å²) in [5, 5.41) is 4.53. The molecule has 0 unspecified atom stereocenters. The van der Waals surface area contributed by atoms with Gasteiger partial charge in [-0.25, -0.2) is 4.68 Å². The molecule has 0 aliphatic carbocycles. The minimum Gasteiger partial charge on any atom is -0.497 e. The SMILES string of the molecule is COc1ccc(-n2nc(C)c(CCN)c2Br)cc1. The first-order valence-corrected chi connectivity index (χ1v) is 6.55. The van der Waals surface area contributed by atoms with Crippen molar-refractivity contribution in [1.29, 1.82) is 0 Å². The fraction of sp³-hybridized carbons (Fsp3) is 0.308. The minimum absolute atomic E-state index is 0.619. The monoisotopic (exact) mass is 309 g/mol. The summed E-state index contributed by atoms with van der Waals surface area (Å²) < 4.78 is 7.99. The van der Waals surface area contributed by atoms with Crippen LogP contribution in [0.5, 0.6) is 5.75 Å². The van der Waals surface area contributed by atoms with E-state index < -0.39 is 0 Å². The van der Waals surface area contributed by atoms with Crippen LogP contribution in [0, 0.1) is 6.92 Å². The Bertz CT molecular complexity index is 534. The molecule has 0 saturated heterocycles. The predicted octanol–water partition coefficient (Wildman–Crippen LogP) is 2.45. The number of benzene rings is 1. The van der Waals surface area contributed by atoms with E-state index in [4.69, 9.17) is 10.5 Å². The Kier molecular flexibility index (Phi) is 4.04. The van der Waals surface area contributed by atoms with Crippen LogP contribution in [-0.2, 0) is 6.42 Å². The molecule has 0 fully saturated rings. The maximum absolute atomic E-state index is 5.61. The molecule has 2 aromatic rings. The van der Waals surface area contributed by atoms with Crippen molar-refractivity contribution in [2.45, 2.75) is 13.3 Å². The van der Waals surface area contributed by atoms with E-state index in [2.05, 4.69) is 21.0 Å². The van der Waals surface area contributed by atoms with Crippen molar-refractivity contribution < 1.29 is 4.74 Å². The van der Waals surface area contributed by atoms with Gasteiger partial charge in [0, 0.05) is 5.56 Å². The maximum atomic E-state index is 5.61. The highest BCUT2D eigenvalue weighted by atomic mass is 79.9. The first-order chi connectivity index (χ1) is 8.67. The predicted molar refractivity (Wildman–Crippen MR) is 75.3 cm³/mol. The third-order valence-corrected chi connectivity index (χ3v) is 3.65. The Hall–Kier alpha value is -1.33. The average molecular weight is 310 g/mol. The molecule has 0 saturated carbocycles. The lowest BCUT2D eigenvalue weighted by atomic mass is 10.2. The summed E-state index contributed by atoms with van der Waals surface area (Å²) in [5.41, 5.74) is 8.77. The van der Waals surface area contributed by atoms with Crippen molar-refractivity contribution in [3.05, 3.63) is 40.1 Å². The first kappa shape index (κ1) is 13.1. The number of aromatic nitrogens is 2. The van der Waals surface area contributed by atoms with Gasteiger partial charge in [-0.1, -0.05) is 0 Å². The second-order valence-corrected chi connectivity index (χ2v) is 4.75. The van der Waals surface area contributed by atoms with Crippen molar-refractivity contribution in [2.75, 3.05) is 13.7 Å². The molecule has 0 spiro atoms. The number of hydrogen-bond acceptors (Lipinski definition) is 3. The number of nitrogens with two attached hydrogens (primary N) is 1. The van der Waals surface area contributed by atoms with E-state index in [1.54, 1.807) is 7.11 Å². The molecule has 2 rings (SSSR count). The van der Waals surface area contributed by atoms with Gasteiger partial charge in [0.1, 0.15) is 10.4 Å². The van der Waals surface area contributed by atoms with Gasteiger partial charge in [-0.15, -0.1) is 0 Å². The molecular weight excluding hydrogens is 294 g/mol. The average Bonchev–Trinajstić information content (AvgIpc) is 2.67. The second-order valence-electron chi connectivity index (χ2n) is 4.00. The van der Waals surface area contributed by atoms with Crippen molar-refractivity contribution in [3.63, 3.8) is 0 Å². The molecule has 1 aromatic heterocycles. The summed E-state index contributed by atoms with van der Waals surface area (Å²) in [7, 11) is 1.66. The van der Waals surface area contributed by atoms with Gasteiger partial charge in [-0.3, -0.25) is 0 Å². The molecule has 2 N–H and O–H groups in total. The van der Waals surface area contributed by atoms with Crippen LogP contribution < -0.4 is 10.5 Å². The number of hydrogen-bond donors (Lipinski definition) is 1. The molecule has 18 heavy (non-hydrogen) atoms. The first-order valence-electron chi connectivity index (χ1n) is 5.76. The molecule has 0 aliphatic heterocycles. The smallest absolute Gasteiger partial charge is 0.119 e. The Morgan fingerprint density at radius 3 is 2.56 bits per heavy atom. The number of aryl methyl sites for hydroxylation is 1. The van der Waals surface area contributed by atoms with E-state index in [1.165, 1.54) is 0 Å². The van der Waals surface area contributed by atoms with E-state index >= 15 is 0 Å². The Morgan fingerprint density at radius 2 is 2.00 bits per heavy atom. The molecule has 96 valence electrons. The fourth-order valence-electron chi connectivity index (χ4n) is 1.85. The third kappa shape index (κ3) is 2.42. The molecule has 0 amide bonds. The Labute approximate surface area is 115 Å². The topological polar surface area (TPSA) is 53.1 Å². The highest BCUT2D eigenvalue weighted by molar-refractivity contribution is 9.10. The van der Waals surface area contributed by atoms with Crippen LogP contribution in [-0.4, -0.2) is 23.4 Å². The minimum atomic E-state index is 0.619. The van der Waals surface area contributed by atoms with E-state index in [9.17, 15) is 0 Å². The van der Waals surface area contributed by atoms with Gasteiger partial charge in [0.05, 0.1) is 18.5 Å². The van der Waals surface area contributed by atoms with Crippen LogP contribution in [0.3, 0.4) is 0 Å². The summed E-state index contributed by atoms with van der Waals surface area (Å²) in [6.45, 7) is 2.61. The van der Waals surface area contributed by atoms with Crippen LogP contribution in [0.4, 0.5) is 0 Å². The fourth-order valence-corrected chi connectivity index (χ4v) is 2.62. The van der Waals surface area contributed by atoms with Crippen molar-refractivity contribution in [1.82, 2.24) is 9.78 Å². The molecule has 1 aromatic carbocycles. The summed E-state index contributed by atoms with van der Waals surface area (Å²) >= 11 is 3.59. The van der Waals surface area contributed by atoms with Gasteiger partial charge in [-0.05, 0) is 60.1 Å². The molecule has 4 nitrogen and oxygen atoms in total. The van der Waals surface area contributed by atoms with Gasteiger partial charge in [0.25, 0.3) is 0 Å². The van der Waals surface area contributed by atoms with Crippen LogP contribution in [0.2, 0.25) is 0 Å². The second kappa shape index (κ2) is 5.54. The summed E-state index contributed by atoms with van der Waals surface area (Å²) in [6.07, 6.45) is 0.822. The van der Waals surface area contributed by atoms with Crippen molar-refractivity contribution in [2.24, 2.45) is 5.73 Å². The van der Waals surface area contributed by atoms with Crippen LogP contribution in [0.15, 0.2) is 28.9 Å². The van der Waals surface area contributed by atoms with Crippen LogP contribution >= 0.6 is 15.9 Å². The summed E-state index contributed by atoms with van der Waals surface area (Å²) in [6, 6.07) is 7.79. The third-order valence-electron chi connectivity index (χ3n) is 2.83. The largest absolute Gasteiger partial charge is 0.497 e. The van der Waals surface area contributed by atoms with Crippen LogP contribution in [0.25, 0.3) is 5.69 Å². The Morgan fingerprint density at radius 1 is 1.33 bits per heavy atom. The quantitative estimate of drug-likeness (QED) is 0.944. The zero-order valence-corrected chi connectivity index (χ0v) is 12.1. The highest BCUT2D eigenvalue weighted by Crippen LogP contribution is 2.25. The zero-order valence-electron chi connectivity index (χ0n) is 10.5. The lowest BCUT2D eigenvalue weighted by Crippen LogP contribution is -2.03. The normalized spacial score (nSPS) is 10.7. The molecule has 5 heteroatoms. The lowest BCUT2D eigenvalue weighted by molar-refractivity contribution is 0.414. The van der Waals surface area contributed by atoms with Crippen LogP contribution in [0.1, 0.15) is 11.3 Å².